The molecular weight excluding hydrogens is 520 g/mol. The summed E-state index contributed by atoms with van der Waals surface area (Å²) in [5.41, 5.74) is 12.1. The van der Waals surface area contributed by atoms with Crippen molar-refractivity contribution in [3.05, 3.63) is 86.5 Å². The minimum atomic E-state index is -0.758. The van der Waals surface area contributed by atoms with E-state index >= 15 is 0 Å². The lowest BCUT2D eigenvalue weighted by molar-refractivity contribution is -0.327. The number of aryl methyl sites for hydroxylation is 9. The Bertz CT molecular complexity index is 1260. The molecule has 3 heteroatoms. The van der Waals surface area contributed by atoms with E-state index in [2.05, 4.69) is 98.7 Å². The molecule has 7 rings (SSSR count). The van der Waals surface area contributed by atoms with Gasteiger partial charge in [-0.25, -0.2) is 0 Å². The Balaban J connectivity index is 0.000000213. The van der Waals surface area contributed by atoms with Crippen LogP contribution in [0.5, 0.6) is 0 Å². The van der Waals surface area contributed by atoms with Crippen LogP contribution >= 0.6 is 0 Å². The Morgan fingerprint density at radius 1 is 0.561 bits per heavy atom. The summed E-state index contributed by atoms with van der Waals surface area (Å²) >= 11 is 0. The van der Waals surface area contributed by atoms with Crippen LogP contribution in [0.4, 0.5) is 0 Å². The third-order valence-electron chi connectivity index (χ3n) is 9.90. The van der Waals surface area contributed by atoms with E-state index in [9.17, 15) is 9.90 Å². The molecule has 3 aromatic carbocycles. The molecule has 218 valence electrons. The van der Waals surface area contributed by atoms with Crippen LogP contribution in [0.15, 0.2) is 51.1 Å². The molecule has 4 fully saturated rings. The van der Waals surface area contributed by atoms with Crippen LogP contribution in [0.25, 0.3) is 0 Å². The van der Waals surface area contributed by atoms with Crippen LogP contribution in [0.2, 0.25) is 0 Å². The standard InChI is InChI=1S/C27H33S.C11H16O2/c1-16-10-19(4)25(20(5)11-16)28(26-21(6)12-17(2)13-22(26)7)27-23(8)14-18(3)15-24(27)9;12-10(13)11-4-7-1-8(5-11)3-9(2-7)6-11/h10-15H,1-9H3;7-9H,1-6H2,(H,12,13)/q+1;/p-1. The normalized spacial score (nSPS) is 24.4. The van der Waals surface area contributed by atoms with Gasteiger partial charge in [-0.3, -0.25) is 0 Å². The van der Waals surface area contributed by atoms with Crippen molar-refractivity contribution in [1.29, 1.82) is 0 Å². The molecule has 2 nitrogen and oxygen atoms in total. The number of carbonyl (C=O) groups is 1. The molecule has 0 radical (unpaired) electrons. The van der Waals surface area contributed by atoms with Gasteiger partial charge in [-0.05, 0) is 119 Å². The Labute approximate surface area is 251 Å². The van der Waals surface area contributed by atoms with Crippen molar-refractivity contribution >= 4 is 16.9 Å². The van der Waals surface area contributed by atoms with Gasteiger partial charge >= 0.3 is 0 Å². The molecule has 4 aliphatic rings. The number of carboxylic acids is 1. The predicted molar refractivity (Wildman–Crippen MR) is 170 cm³/mol. The number of aliphatic carboxylic acids is 1. The van der Waals surface area contributed by atoms with Crippen LogP contribution in [0.3, 0.4) is 0 Å². The minimum absolute atomic E-state index is 0.109. The van der Waals surface area contributed by atoms with Crippen LogP contribution < -0.4 is 5.11 Å². The molecule has 0 aromatic heterocycles. The highest BCUT2D eigenvalue weighted by Crippen LogP contribution is 2.59. The molecule has 0 spiro atoms. The van der Waals surface area contributed by atoms with Crippen molar-refractivity contribution in [2.24, 2.45) is 23.2 Å². The quantitative estimate of drug-likeness (QED) is 0.296. The fourth-order valence-corrected chi connectivity index (χ4v) is 12.0. The Hall–Kier alpha value is -2.52. The Morgan fingerprint density at radius 2 is 0.805 bits per heavy atom. The summed E-state index contributed by atoms with van der Waals surface area (Å²) in [5, 5.41) is 11.1. The first-order chi connectivity index (χ1) is 19.3. The highest BCUT2D eigenvalue weighted by molar-refractivity contribution is 7.97. The van der Waals surface area contributed by atoms with Gasteiger partial charge in [0.2, 0.25) is 0 Å². The molecule has 4 bridgehead atoms. The molecule has 0 N–H and O–H groups in total. The second kappa shape index (κ2) is 11.3. The fraction of sp³-hybridized carbons (Fsp3) is 0.500. The van der Waals surface area contributed by atoms with Gasteiger partial charge in [0.1, 0.15) is 10.9 Å². The summed E-state index contributed by atoms with van der Waals surface area (Å²) < 4.78 is 0. The zero-order chi connectivity index (χ0) is 29.8. The summed E-state index contributed by atoms with van der Waals surface area (Å²) in [6.07, 6.45) is 6.65. The van der Waals surface area contributed by atoms with E-state index in [0.29, 0.717) is 17.8 Å². The molecule has 3 aromatic rings. The lowest BCUT2D eigenvalue weighted by Crippen LogP contribution is -2.54. The third-order valence-corrected chi connectivity index (χ3v) is 13.1. The van der Waals surface area contributed by atoms with E-state index in [0.717, 1.165) is 19.3 Å². The van der Waals surface area contributed by atoms with Gasteiger partial charge in [0.15, 0.2) is 14.7 Å². The van der Waals surface area contributed by atoms with Crippen molar-refractivity contribution in [3.8, 4) is 0 Å². The zero-order valence-electron chi connectivity index (χ0n) is 26.7. The van der Waals surface area contributed by atoms with Crippen LogP contribution in [-0.4, -0.2) is 5.97 Å². The van der Waals surface area contributed by atoms with Crippen LogP contribution in [0.1, 0.15) is 88.6 Å². The summed E-state index contributed by atoms with van der Waals surface area (Å²) in [4.78, 5) is 15.6. The largest absolute Gasteiger partial charge is 0.550 e. The maximum absolute atomic E-state index is 11.1. The molecule has 0 aliphatic heterocycles. The molecule has 4 aliphatic carbocycles. The molecule has 0 unspecified atom stereocenters. The summed E-state index contributed by atoms with van der Waals surface area (Å²) in [6.45, 7) is 20.3. The van der Waals surface area contributed by atoms with E-state index in [4.69, 9.17) is 0 Å². The lowest BCUT2D eigenvalue weighted by Gasteiger charge is -2.57. The Kier molecular flexibility index (Phi) is 8.25. The summed E-state index contributed by atoms with van der Waals surface area (Å²) in [6, 6.07) is 14.1. The second-order valence-corrected chi connectivity index (χ2v) is 15.8. The maximum atomic E-state index is 11.1. The van der Waals surface area contributed by atoms with E-state index in [1.54, 1.807) is 0 Å². The molecule has 41 heavy (non-hydrogen) atoms. The van der Waals surface area contributed by atoms with E-state index in [1.807, 2.05) is 0 Å². The first-order valence-corrected chi connectivity index (χ1v) is 16.7. The average Bonchev–Trinajstić information content (AvgIpc) is 2.81. The third kappa shape index (κ3) is 5.76. The first-order valence-electron chi connectivity index (χ1n) is 15.5. The van der Waals surface area contributed by atoms with Gasteiger partial charge in [-0.1, -0.05) is 53.1 Å². The smallest absolute Gasteiger partial charge is 0.172 e. The highest BCUT2D eigenvalue weighted by Gasteiger charge is 2.51. The lowest BCUT2D eigenvalue weighted by atomic mass is 9.49. The number of benzene rings is 3. The van der Waals surface area contributed by atoms with Crippen LogP contribution in [-0.2, 0) is 15.7 Å². The SMILES string of the molecule is Cc1cc(C)c([S+](c2c(C)cc(C)cc2C)c2c(C)cc(C)cc2C)c(C)c1.O=C([O-])C12CC3CC(CC(C3)C1)C2. The fourth-order valence-electron chi connectivity index (χ4n) is 9.13. The first kappa shape index (κ1) is 30.0. The maximum Gasteiger partial charge on any atom is 0.172 e. The summed E-state index contributed by atoms with van der Waals surface area (Å²) in [5.74, 6) is 1.38. The molecule has 0 heterocycles. The van der Waals surface area contributed by atoms with Gasteiger partial charge in [-0.15, -0.1) is 0 Å². The average molecular weight is 569 g/mol. The van der Waals surface area contributed by atoms with Gasteiger partial charge in [0.25, 0.3) is 0 Å². The van der Waals surface area contributed by atoms with E-state index in [-0.39, 0.29) is 10.9 Å². The molecule has 4 saturated carbocycles. The van der Waals surface area contributed by atoms with Crippen LogP contribution in [0, 0.1) is 85.5 Å². The molecule has 0 saturated heterocycles. The second-order valence-electron chi connectivity index (χ2n) is 14.0. The highest BCUT2D eigenvalue weighted by atomic mass is 32.2. The molecule has 0 atom stereocenters. The number of rotatable bonds is 4. The number of carbonyl (C=O) groups excluding carboxylic acids is 1. The Morgan fingerprint density at radius 3 is 1.02 bits per heavy atom. The van der Waals surface area contributed by atoms with Crippen molar-refractivity contribution in [2.45, 2.75) is 116 Å². The number of hydrogen-bond donors (Lipinski definition) is 0. The monoisotopic (exact) mass is 568 g/mol. The van der Waals surface area contributed by atoms with Crippen molar-refractivity contribution in [1.82, 2.24) is 0 Å². The molecular formula is C38H48O2S. The van der Waals surface area contributed by atoms with Crippen molar-refractivity contribution < 1.29 is 9.90 Å². The summed E-state index contributed by atoms with van der Waals surface area (Å²) in [7, 11) is -0.109. The van der Waals surface area contributed by atoms with Gasteiger partial charge in [-0.2, -0.15) is 0 Å². The number of hydrogen-bond acceptors (Lipinski definition) is 2. The van der Waals surface area contributed by atoms with Gasteiger partial charge in [0, 0.05) is 44.8 Å². The van der Waals surface area contributed by atoms with Crippen molar-refractivity contribution in [3.63, 3.8) is 0 Å². The van der Waals surface area contributed by atoms with E-state index in [1.165, 1.54) is 84.0 Å². The van der Waals surface area contributed by atoms with Crippen molar-refractivity contribution in [2.75, 3.05) is 0 Å². The molecule has 0 amide bonds. The number of carboxylic acid groups (broad SMARTS) is 1. The predicted octanol–water partition coefficient (Wildman–Crippen LogP) is 8.51. The van der Waals surface area contributed by atoms with Gasteiger partial charge < -0.3 is 9.90 Å². The minimum Gasteiger partial charge on any atom is -0.550 e. The topological polar surface area (TPSA) is 40.1 Å². The zero-order valence-corrected chi connectivity index (χ0v) is 27.5. The van der Waals surface area contributed by atoms with E-state index < -0.39 is 11.4 Å². The van der Waals surface area contributed by atoms with Gasteiger partial charge in [0.05, 0.1) is 0 Å².